The highest BCUT2D eigenvalue weighted by Gasteiger charge is 2.39. The molecule has 6 amide bonds. The first-order valence-corrected chi connectivity index (χ1v) is 25.6. The summed E-state index contributed by atoms with van der Waals surface area (Å²) in [5.41, 5.74) is 20.2. The van der Waals surface area contributed by atoms with Gasteiger partial charge in [-0.15, -0.1) is 11.8 Å². The number of ether oxygens (including phenoxy) is 2. The van der Waals surface area contributed by atoms with Crippen LogP contribution >= 0.6 is 11.8 Å². The number of rotatable bonds is 24. The number of benzene rings is 2. The number of carbonyl (C=O) groups is 7. The molecule has 0 bridgehead atoms. The van der Waals surface area contributed by atoms with Crippen LogP contribution in [0.15, 0.2) is 48.7 Å². The second-order valence-electron chi connectivity index (χ2n) is 18.1. The number of methoxy groups -OCH3 is 1. The van der Waals surface area contributed by atoms with Crippen LogP contribution in [0, 0.1) is 13.8 Å². The third-order valence-electron chi connectivity index (χ3n) is 12.8. The van der Waals surface area contributed by atoms with Crippen molar-refractivity contribution in [2.45, 2.75) is 84.4 Å². The molecule has 0 aliphatic carbocycles. The van der Waals surface area contributed by atoms with Crippen molar-refractivity contribution in [2.75, 3.05) is 44.9 Å². The van der Waals surface area contributed by atoms with Crippen LogP contribution in [-0.2, 0) is 45.4 Å². The smallest absolute Gasteiger partial charge is 0.321 e. The number of carboxylic acids is 1. The topological polar surface area (TPSA) is 352 Å². The molecule has 1 saturated heterocycles. The Morgan fingerprint density at radius 2 is 1.61 bits per heavy atom. The zero-order chi connectivity index (χ0) is 55.4. The molecule has 0 spiro atoms. The maximum Gasteiger partial charge on any atom is 0.321 e. The van der Waals surface area contributed by atoms with Gasteiger partial charge in [-0.3, -0.25) is 48.5 Å². The Kier molecular flexibility index (Phi) is 16.3. The molecule has 1 aliphatic rings. The summed E-state index contributed by atoms with van der Waals surface area (Å²) in [5.74, 6) is -2.40. The number of anilines is 1. The number of amides is 6. The SMILES string of the molecule is CCn1nc(C)cc1C(=O)Nc1nc2cc(C(N)=O)cc(OCCCN(C)C(=O)CCN3C(=O)CC(SCC(N)C(=O)O)C3=O)c2n1C/C=C/Cn1c2nc(-c3nc(C)nn3CC)ncc2c2cc(C(N)=O)cc(OC)c21. The zero-order valence-corrected chi connectivity index (χ0v) is 44.0. The average molecular weight is 1080 g/mol. The minimum Gasteiger partial charge on any atom is -0.495 e. The van der Waals surface area contributed by atoms with Gasteiger partial charge >= 0.3 is 5.97 Å². The van der Waals surface area contributed by atoms with Crippen LogP contribution < -0.4 is 32.0 Å². The van der Waals surface area contributed by atoms with E-state index >= 15 is 0 Å². The molecule has 2 atom stereocenters. The molecule has 8 rings (SSSR count). The van der Waals surface area contributed by atoms with Crippen LogP contribution in [-0.4, -0.2) is 156 Å². The quantitative estimate of drug-likeness (QED) is 0.0330. The Bertz CT molecular complexity index is 3520. The number of carboxylic acid groups (broad SMARTS) is 1. The van der Waals surface area contributed by atoms with Crippen molar-refractivity contribution >= 4 is 92.1 Å². The van der Waals surface area contributed by atoms with E-state index in [0.29, 0.717) is 81.6 Å². The molecular formula is C50H58N16O10S. The predicted octanol–water partition coefficient (Wildman–Crippen LogP) is 2.65. The standard InChI is InChI=1S/C50H58N16O10S/c1-7-65-34(18-26(3)59-65)47(71)58-50-56-33-20-29(43(53)70)22-36(76-17-11-13-61(5)38(67)12-16-62-39(68)23-37(48(62)72)77-25-32(51)49(73)74)41(33)64(50)15-10-9-14-63-40-30(19-28(42(52)69)21-35(40)75-6)31-24-54-44(57-45(31)63)46-55-27(4)60-66(46)8-2/h9-10,18-22,24,32,37H,7-8,11-17,23,25,51H2,1-6H3,(H2,52,69)(H2,53,70)(H,73,74)(H,56,58,71)/b10-9+. The van der Waals surface area contributed by atoms with E-state index in [4.69, 9.17) is 41.7 Å². The summed E-state index contributed by atoms with van der Waals surface area (Å²) in [6.45, 7) is 8.71. The Labute approximate surface area is 443 Å². The Morgan fingerprint density at radius 3 is 2.30 bits per heavy atom. The molecule has 6 heterocycles. The third kappa shape index (κ3) is 11.4. The predicted molar refractivity (Wildman–Crippen MR) is 283 cm³/mol. The van der Waals surface area contributed by atoms with E-state index in [1.54, 1.807) is 59.2 Å². The van der Waals surface area contributed by atoms with Gasteiger partial charge in [0.2, 0.25) is 35.5 Å². The molecule has 1 fully saturated rings. The third-order valence-corrected chi connectivity index (χ3v) is 14.1. The van der Waals surface area contributed by atoms with Crippen molar-refractivity contribution in [2.24, 2.45) is 17.2 Å². The molecule has 2 aromatic carbocycles. The molecule has 77 heavy (non-hydrogen) atoms. The number of primary amides is 2. The molecule has 26 nitrogen and oxygen atoms in total. The van der Waals surface area contributed by atoms with E-state index in [-0.39, 0.29) is 85.6 Å². The number of hydrogen-bond donors (Lipinski definition) is 5. The van der Waals surface area contributed by atoms with Gasteiger partial charge in [-0.1, -0.05) is 12.2 Å². The number of thioether (sulfide) groups is 1. The molecule has 0 saturated carbocycles. The normalized spacial score (nSPS) is 14.1. The van der Waals surface area contributed by atoms with Gasteiger partial charge in [0.05, 0.1) is 35.7 Å². The summed E-state index contributed by atoms with van der Waals surface area (Å²) in [7, 11) is 3.07. The number of allylic oxidation sites excluding steroid dienone is 2. The van der Waals surface area contributed by atoms with Gasteiger partial charge in [-0.2, -0.15) is 10.2 Å². The molecule has 0 radical (unpaired) electrons. The second-order valence-corrected chi connectivity index (χ2v) is 19.3. The Morgan fingerprint density at radius 1 is 0.909 bits per heavy atom. The minimum absolute atomic E-state index is 0.0398. The molecule has 404 valence electrons. The summed E-state index contributed by atoms with van der Waals surface area (Å²) < 4.78 is 19.1. The number of aromatic nitrogens is 10. The van der Waals surface area contributed by atoms with Crippen LogP contribution in [0.25, 0.3) is 44.6 Å². The summed E-state index contributed by atoms with van der Waals surface area (Å²) in [6, 6.07) is 6.69. The number of imidazole rings is 1. The lowest BCUT2D eigenvalue weighted by atomic mass is 10.1. The maximum absolute atomic E-state index is 14.0. The van der Waals surface area contributed by atoms with Crippen molar-refractivity contribution in [3.8, 4) is 23.1 Å². The average Bonchev–Trinajstić information content (AvgIpc) is 4.27. The highest BCUT2D eigenvalue weighted by molar-refractivity contribution is 8.00. The van der Waals surface area contributed by atoms with E-state index in [9.17, 15) is 33.6 Å². The fourth-order valence-corrected chi connectivity index (χ4v) is 10.1. The molecule has 7 aromatic rings. The molecule has 5 aromatic heterocycles. The monoisotopic (exact) mass is 1070 g/mol. The number of nitrogens with one attached hydrogen (secondary N) is 1. The Balaban J connectivity index is 1.07. The number of carbonyl (C=O) groups excluding carboxylic acids is 6. The minimum atomic E-state index is -1.22. The number of nitrogens with two attached hydrogens (primary N) is 3. The second kappa shape index (κ2) is 23.0. The van der Waals surface area contributed by atoms with Crippen molar-refractivity contribution < 1.29 is 48.1 Å². The van der Waals surface area contributed by atoms with Gasteiger partial charge in [0.15, 0.2) is 11.6 Å². The Hall–Kier alpha value is -8.72. The molecule has 27 heteroatoms. The lowest BCUT2D eigenvalue weighted by molar-refractivity contribution is -0.140. The zero-order valence-electron chi connectivity index (χ0n) is 43.2. The van der Waals surface area contributed by atoms with Crippen molar-refractivity contribution in [3.05, 3.63) is 77.0 Å². The van der Waals surface area contributed by atoms with Crippen LogP contribution in [0.2, 0.25) is 0 Å². The summed E-state index contributed by atoms with van der Waals surface area (Å²) in [5, 5.41) is 21.4. The molecular weight excluding hydrogens is 1020 g/mol. The van der Waals surface area contributed by atoms with Gasteiger partial charge in [0.1, 0.15) is 40.2 Å². The van der Waals surface area contributed by atoms with E-state index in [0.717, 1.165) is 16.7 Å². The number of aryl methyl sites for hydroxylation is 4. The fourth-order valence-electron chi connectivity index (χ4n) is 8.96. The molecule has 2 unspecified atom stereocenters. The van der Waals surface area contributed by atoms with Crippen LogP contribution in [0.3, 0.4) is 0 Å². The summed E-state index contributed by atoms with van der Waals surface area (Å²) in [4.78, 5) is 111. The van der Waals surface area contributed by atoms with Gasteiger partial charge in [-0.25, -0.2) is 24.6 Å². The lowest BCUT2D eigenvalue weighted by Gasteiger charge is -2.20. The van der Waals surface area contributed by atoms with Gasteiger partial charge < -0.3 is 45.8 Å². The van der Waals surface area contributed by atoms with Gasteiger partial charge in [0, 0.05) is 93.0 Å². The summed E-state index contributed by atoms with van der Waals surface area (Å²) in [6.07, 6.45) is 5.44. The summed E-state index contributed by atoms with van der Waals surface area (Å²) >= 11 is 0.998. The maximum atomic E-state index is 14.0. The van der Waals surface area contributed by atoms with E-state index in [2.05, 4.69) is 25.5 Å². The lowest BCUT2D eigenvalue weighted by Crippen LogP contribution is -2.37. The highest BCUT2D eigenvalue weighted by Crippen LogP contribution is 2.37. The largest absolute Gasteiger partial charge is 0.495 e. The van der Waals surface area contributed by atoms with E-state index in [1.165, 1.54) is 24.1 Å². The number of hydrogen-bond acceptors (Lipinski definition) is 17. The van der Waals surface area contributed by atoms with Crippen molar-refractivity contribution in [3.63, 3.8) is 0 Å². The highest BCUT2D eigenvalue weighted by atomic mass is 32.2. The van der Waals surface area contributed by atoms with E-state index in [1.807, 2.05) is 30.6 Å². The van der Waals surface area contributed by atoms with E-state index < -0.39 is 46.8 Å². The van der Waals surface area contributed by atoms with Gasteiger partial charge in [0.25, 0.3) is 5.91 Å². The fraction of sp³-hybridized carbons (Fsp3) is 0.380. The first-order valence-electron chi connectivity index (χ1n) is 24.6. The van der Waals surface area contributed by atoms with Crippen LogP contribution in [0.5, 0.6) is 11.5 Å². The van der Waals surface area contributed by atoms with Crippen molar-refractivity contribution in [1.82, 2.24) is 58.4 Å². The first kappa shape index (κ1) is 54.5. The number of imide groups is 1. The number of likely N-dealkylation sites (tertiary alicyclic amines) is 1. The van der Waals surface area contributed by atoms with Crippen LogP contribution in [0.1, 0.15) is 75.8 Å². The number of fused-ring (bicyclic) bond motifs is 4. The number of nitrogens with zero attached hydrogens (tertiary/aromatic N) is 12. The van der Waals surface area contributed by atoms with Gasteiger partial charge in [-0.05, 0) is 64.4 Å². The van der Waals surface area contributed by atoms with Crippen LogP contribution in [0.4, 0.5) is 5.95 Å². The number of aliphatic carboxylic acids is 1. The van der Waals surface area contributed by atoms with Crippen molar-refractivity contribution in [1.29, 1.82) is 0 Å². The molecule has 8 N–H and O–H groups in total. The molecule has 1 aliphatic heterocycles. The first-order chi connectivity index (χ1) is 36.8.